The number of barbiturate groups is 1. The Labute approximate surface area is 144 Å². The van der Waals surface area contributed by atoms with E-state index in [-0.39, 0.29) is 23.5 Å². The van der Waals surface area contributed by atoms with Gasteiger partial charge in [0.15, 0.2) is 11.5 Å². The first kappa shape index (κ1) is 18.2. The molecule has 0 N–H and O–H groups in total. The lowest BCUT2D eigenvalue weighted by Gasteiger charge is -2.28. The van der Waals surface area contributed by atoms with E-state index >= 15 is 0 Å². The number of amides is 4. The first-order valence-electron chi connectivity index (χ1n) is 7.50. The summed E-state index contributed by atoms with van der Waals surface area (Å²) in [4.78, 5) is 49.3. The van der Waals surface area contributed by atoms with Crippen LogP contribution >= 0.6 is 0 Å². The molecular formula is C17H18N2O6. The van der Waals surface area contributed by atoms with Gasteiger partial charge < -0.3 is 9.47 Å². The van der Waals surface area contributed by atoms with Crippen molar-refractivity contribution < 1.29 is 28.7 Å². The summed E-state index contributed by atoms with van der Waals surface area (Å²) >= 11 is 0. The van der Waals surface area contributed by atoms with Gasteiger partial charge in [-0.3, -0.25) is 24.2 Å². The molecule has 1 fully saturated rings. The second kappa shape index (κ2) is 7.16. The zero-order valence-corrected chi connectivity index (χ0v) is 14.4. The quantitative estimate of drug-likeness (QED) is 0.354. The summed E-state index contributed by atoms with van der Waals surface area (Å²) in [5.41, 5.74) is 0.339. The van der Waals surface area contributed by atoms with E-state index < -0.39 is 23.8 Å². The van der Waals surface area contributed by atoms with Gasteiger partial charge in [-0.15, -0.1) is 0 Å². The number of imide groups is 2. The van der Waals surface area contributed by atoms with E-state index in [1.165, 1.54) is 39.4 Å². The van der Waals surface area contributed by atoms with E-state index in [1.54, 1.807) is 13.0 Å². The molecule has 132 valence electrons. The van der Waals surface area contributed by atoms with E-state index in [0.29, 0.717) is 5.56 Å². The topological polar surface area (TPSA) is 93.2 Å². The molecule has 0 aliphatic carbocycles. The molecule has 0 radical (unpaired) electrons. The molecule has 1 aliphatic heterocycles. The van der Waals surface area contributed by atoms with E-state index in [0.717, 1.165) is 9.80 Å². The van der Waals surface area contributed by atoms with Gasteiger partial charge >= 0.3 is 12.0 Å². The molecule has 1 heterocycles. The van der Waals surface area contributed by atoms with Crippen molar-refractivity contribution in [2.24, 2.45) is 0 Å². The number of urea groups is 1. The number of benzene rings is 1. The molecular weight excluding hydrogens is 328 g/mol. The van der Waals surface area contributed by atoms with E-state index in [9.17, 15) is 19.2 Å². The third kappa shape index (κ3) is 3.52. The molecule has 1 aromatic carbocycles. The minimum Gasteiger partial charge on any atom is -0.493 e. The number of carbonyl (C=O) groups excluding carboxylic acids is 4. The van der Waals surface area contributed by atoms with Crippen LogP contribution in [0.5, 0.6) is 11.5 Å². The van der Waals surface area contributed by atoms with Crippen molar-refractivity contribution in [1.29, 1.82) is 0 Å². The Morgan fingerprint density at radius 1 is 1.08 bits per heavy atom. The summed E-state index contributed by atoms with van der Waals surface area (Å²) in [5.74, 6) is -1.27. The van der Waals surface area contributed by atoms with Gasteiger partial charge in [0.25, 0.3) is 11.8 Å². The lowest BCUT2D eigenvalue weighted by Crippen LogP contribution is -2.52. The average Bonchev–Trinajstić information content (AvgIpc) is 2.62. The van der Waals surface area contributed by atoms with Gasteiger partial charge in [0.2, 0.25) is 0 Å². The van der Waals surface area contributed by atoms with Crippen molar-refractivity contribution in [3.8, 4) is 11.5 Å². The molecule has 25 heavy (non-hydrogen) atoms. The van der Waals surface area contributed by atoms with Crippen LogP contribution in [0.4, 0.5) is 4.79 Å². The second-order valence-corrected chi connectivity index (χ2v) is 5.31. The van der Waals surface area contributed by atoms with Gasteiger partial charge in [-0.05, 0) is 23.8 Å². The molecule has 0 saturated carbocycles. The average molecular weight is 346 g/mol. The third-order valence-corrected chi connectivity index (χ3v) is 3.66. The standard InChI is InChI=1S/C17H18N2O6/c1-5-14(20)25-12-7-6-10(9-13(12)24-4)8-11-15(21)18(2)17(23)19(3)16(11)22/h6-9H,5H2,1-4H3. The number of likely N-dealkylation sites (N-methyl/N-ethyl adjacent to an activating group) is 2. The zero-order chi connectivity index (χ0) is 18.7. The highest BCUT2D eigenvalue weighted by Gasteiger charge is 2.37. The number of nitrogens with zero attached hydrogens (tertiary/aromatic N) is 2. The predicted molar refractivity (Wildman–Crippen MR) is 87.8 cm³/mol. The number of rotatable bonds is 4. The van der Waals surface area contributed by atoms with Crippen LogP contribution in [0.15, 0.2) is 23.8 Å². The fraction of sp³-hybridized carbons (Fsp3) is 0.294. The van der Waals surface area contributed by atoms with Crippen LogP contribution in [-0.2, 0) is 14.4 Å². The Balaban J connectivity index is 2.40. The van der Waals surface area contributed by atoms with Gasteiger partial charge in [0.1, 0.15) is 5.57 Å². The molecule has 0 atom stereocenters. The fourth-order valence-electron chi connectivity index (χ4n) is 2.19. The normalized spacial score (nSPS) is 14.7. The molecule has 4 amide bonds. The molecule has 8 nitrogen and oxygen atoms in total. The van der Waals surface area contributed by atoms with E-state index in [1.807, 2.05) is 0 Å². The van der Waals surface area contributed by atoms with Crippen molar-refractivity contribution in [1.82, 2.24) is 9.80 Å². The van der Waals surface area contributed by atoms with Gasteiger partial charge in [-0.1, -0.05) is 13.0 Å². The first-order chi connectivity index (χ1) is 11.8. The number of carbonyl (C=O) groups is 4. The number of ether oxygens (including phenoxy) is 2. The Hall–Kier alpha value is -3.16. The van der Waals surface area contributed by atoms with Gasteiger partial charge in [0.05, 0.1) is 7.11 Å². The Morgan fingerprint density at radius 3 is 2.20 bits per heavy atom. The maximum Gasteiger partial charge on any atom is 0.333 e. The highest BCUT2D eigenvalue weighted by Crippen LogP contribution is 2.30. The van der Waals surface area contributed by atoms with Crippen molar-refractivity contribution in [2.75, 3.05) is 21.2 Å². The molecule has 2 rings (SSSR count). The molecule has 0 bridgehead atoms. The maximum atomic E-state index is 12.2. The lowest BCUT2D eigenvalue weighted by atomic mass is 10.1. The Kier molecular flexibility index (Phi) is 5.21. The Bertz CT molecular complexity index is 757. The van der Waals surface area contributed by atoms with E-state index in [2.05, 4.69) is 0 Å². The van der Waals surface area contributed by atoms with Crippen molar-refractivity contribution in [3.63, 3.8) is 0 Å². The van der Waals surface area contributed by atoms with Gasteiger partial charge in [-0.2, -0.15) is 0 Å². The molecule has 1 aliphatic rings. The highest BCUT2D eigenvalue weighted by atomic mass is 16.6. The van der Waals surface area contributed by atoms with Crippen molar-refractivity contribution >= 4 is 29.9 Å². The molecule has 0 aromatic heterocycles. The predicted octanol–water partition coefficient (Wildman–Crippen LogP) is 1.44. The SMILES string of the molecule is CCC(=O)Oc1ccc(C=C2C(=O)N(C)C(=O)N(C)C2=O)cc1OC. The summed E-state index contributed by atoms with van der Waals surface area (Å²) in [6.45, 7) is 1.67. The number of esters is 1. The van der Waals surface area contributed by atoms with Gasteiger partial charge in [-0.25, -0.2) is 4.79 Å². The molecule has 1 aromatic rings. The highest BCUT2D eigenvalue weighted by molar-refractivity contribution is 6.30. The van der Waals surface area contributed by atoms with Crippen LogP contribution in [0.2, 0.25) is 0 Å². The summed E-state index contributed by atoms with van der Waals surface area (Å²) in [6.07, 6.45) is 1.57. The molecule has 0 spiro atoms. The summed E-state index contributed by atoms with van der Waals surface area (Å²) in [6, 6.07) is 3.92. The third-order valence-electron chi connectivity index (χ3n) is 3.66. The van der Waals surface area contributed by atoms with Crippen LogP contribution in [0.25, 0.3) is 6.08 Å². The second-order valence-electron chi connectivity index (χ2n) is 5.31. The van der Waals surface area contributed by atoms with Gasteiger partial charge in [0, 0.05) is 20.5 Å². The minimum atomic E-state index is -0.688. The summed E-state index contributed by atoms with van der Waals surface area (Å²) in [7, 11) is 4.01. The van der Waals surface area contributed by atoms with Crippen LogP contribution < -0.4 is 9.47 Å². The summed E-state index contributed by atoms with van der Waals surface area (Å²) in [5, 5.41) is 0. The minimum absolute atomic E-state index is 0.148. The molecule has 0 unspecified atom stereocenters. The maximum absolute atomic E-state index is 12.2. The Morgan fingerprint density at radius 2 is 1.68 bits per heavy atom. The zero-order valence-electron chi connectivity index (χ0n) is 14.4. The van der Waals surface area contributed by atoms with E-state index in [4.69, 9.17) is 9.47 Å². The van der Waals surface area contributed by atoms with Crippen molar-refractivity contribution in [3.05, 3.63) is 29.3 Å². The molecule has 1 saturated heterocycles. The first-order valence-corrected chi connectivity index (χ1v) is 7.50. The van der Waals surface area contributed by atoms with Crippen LogP contribution in [0.1, 0.15) is 18.9 Å². The molecule has 8 heteroatoms. The van der Waals surface area contributed by atoms with Crippen LogP contribution in [-0.4, -0.2) is 54.8 Å². The summed E-state index contributed by atoms with van der Waals surface area (Å²) < 4.78 is 10.3. The fourth-order valence-corrected chi connectivity index (χ4v) is 2.19. The lowest BCUT2D eigenvalue weighted by molar-refractivity contribution is -0.135. The number of methoxy groups -OCH3 is 1. The smallest absolute Gasteiger partial charge is 0.333 e. The number of hydrogen-bond acceptors (Lipinski definition) is 6. The van der Waals surface area contributed by atoms with Crippen LogP contribution in [0.3, 0.4) is 0 Å². The largest absolute Gasteiger partial charge is 0.493 e. The van der Waals surface area contributed by atoms with Crippen LogP contribution in [0, 0.1) is 0 Å². The number of hydrogen-bond donors (Lipinski definition) is 0. The monoisotopic (exact) mass is 346 g/mol. The van der Waals surface area contributed by atoms with Crippen molar-refractivity contribution in [2.45, 2.75) is 13.3 Å².